The molecule has 0 bridgehead atoms. The number of benzene rings is 1. The molecule has 0 spiro atoms. The fraction of sp³-hybridized carbons (Fsp3) is 0.625. The minimum absolute atomic E-state index is 0.601. The van der Waals surface area contributed by atoms with E-state index in [9.17, 15) is 0 Å². The number of nitrogens with one attached hydrogen (secondary N) is 1. The van der Waals surface area contributed by atoms with Crippen molar-refractivity contribution in [3.05, 3.63) is 34.3 Å². The van der Waals surface area contributed by atoms with Crippen LogP contribution in [0, 0.1) is 5.92 Å². The predicted molar refractivity (Wildman–Crippen MR) is 80.8 cm³/mol. The highest BCUT2D eigenvalue weighted by Gasteiger charge is 2.29. The summed E-state index contributed by atoms with van der Waals surface area (Å²) in [6.45, 7) is 4.79. The summed E-state index contributed by atoms with van der Waals surface area (Å²) >= 11 is 6.08. The highest BCUT2D eigenvalue weighted by atomic mass is 35.5. The van der Waals surface area contributed by atoms with Crippen LogP contribution in [0.2, 0.25) is 5.02 Å². The highest BCUT2D eigenvalue weighted by molar-refractivity contribution is 6.30. The largest absolute Gasteiger partial charge is 0.310 e. The van der Waals surface area contributed by atoms with Crippen LogP contribution in [0.25, 0.3) is 0 Å². The molecular formula is C16H23ClN2. The Morgan fingerprint density at radius 1 is 1.26 bits per heavy atom. The summed E-state index contributed by atoms with van der Waals surface area (Å²) in [4.78, 5) is 2.44. The monoisotopic (exact) mass is 278 g/mol. The molecule has 1 N–H and O–H groups in total. The zero-order valence-electron chi connectivity index (χ0n) is 11.8. The molecule has 2 nitrogen and oxygen atoms in total. The van der Waals surface area contributed by atoms with Crippen LogP contribution in [0.4, 0.5) is 0 Å². The maximum atomic E-state index is 6.08. The van der Waals surface area contributed by atoms with Crippen molar-refractivity contribution in [1.29, 1.82) is 0 Å². The Kier molecular flexibility index (Phi) is 3.84. The van der Waals surface area contributed by atoms with Crippen LogP contribution in [-0.2, 0) is 12.8 Å². The number of rotatable bonds is 2. The maximum absolute atomic E-state index is 6.08. The smallest absolute Gasteiger partial charge is 0.0408 e. The summed E-state index contributed by atoms with van der Waals surface area (Å²) in [6.07, 6.45) is 3.56. The van der Waals surface area contributed by atoms with Gasteiger partial charge in [-0.25, -0.2) is 0 Å². The van der Waals surface area contributed by atoms with E-state index >= 15 is 0 Å². The van der Waals surface area contributed by atoms with Gasteiger partial charge in [0.1, 0.15) is 0 Å². The standard InChI is InChI=1S/C16H23ClN2/c1-11-10-19(2)6-5-16(11)18-15-8-12-3-4-14(17)7-13(12)9-15/h3-4,7,11,15-16,18H,5-6,8-10H2,1-2H3. The number of nitrogens with zero attached hydrogens (tertiary/aromatic N) is 1. The molecule has 3 heteroatoms. The molecule has 1 heterocycles. The highest BCUT2D eigenvalue weighted by Crippen LogP contribution is 2.27. The third kappa shape index (κ3) is 2.96. The molecule has 104 valence electrons. The van der Waals surface area contributed by atoms with Crippen molar-refractivity contribution in [1.82, 2.24) is 10.2 Å². The molecule has 1 aliphatic carbocycles. The van der Waals surface area contributed by atoms with E-state index in [0.29, 0.717) is 12.1 Å². The first-order valence-corrected chi connectivity index (χ1v) is 7.71. The van der Waals surface area contributed by atoms with E-state index in [0.717, 1.165) is 23.8 Å². The minimum Gasteiger partial charge on any atom is -0.310 e. The average molecular weight is 279 g/mol. The van der Waals surface area contributed by atoms with Gasteiger partial charge in [0, 0.05) is 23.7 Å². The second-order valence-corrected chi connectivity index (χ2v) is 6.76. The van der Waals surface area contributed by atoms with Gasteiger partial charge in [-0.3, -0.25) is 0 Å². The quantitative estimate of drug-likeness (QED) is 0.895. The van der Waals surface area contributed by atoms with Crippen LogP contribution < -0.4 is 5.32 Å². The van der Waals surface area contributed by atoms with Gasteiger partial charge in [0.15, 0.2) is 0 Å². The van der Waals surface area contributed by atoms with Crippen molar-refractivity contribution in [2.45, 2.75) is 38.3 Å². The van der Waals surface area contributed by atoms with E-state index in [4.69, 9.17) is 11.6 Å². The van der Waals surface area contributed by atoms with E-state index in [2.05, 4.69) is 36.3 Å². The summed E-state index contributed by atoms with van der Waals surface area (Å²) < 4.78 is 0. The third-order valence-electron chi connectivity index (χ3n) is 4.66. The maximum Gasteiger partial charge on any atom is 0.0408 e. The number of likely N-dealkylation sites (tertiary alicyclic amines) is 1. The third-order valence-corrected chi connectivity index (χ3v) is 4.89. The molecule has 3 rings (SSSR count). The number of fused-ring (bicyclic) bond motifs is 1. The molecule has 3 atom stereocenters. The summed E-state index contributed by atoms with van der Waals surface area (Å²) in [7, 11) is 2.22. The molecule has 0 aromatic heterocycles. The lowest BCUT2D eigenvalue weighted by Crippen LogP contribution is -2.50. The lowest BCUT2D eigenvalue weighted by molar-refractivity contribution is 0.166. The van der Waals surface area contributed by atoms with Gasteiger partial charge in [0.2, 0.25) is 0 Å². The topological polar surface area (TPSA) is 15.3 Å². The fourth-order valence-corrected chi connectivity index (χ4v) is 3.80. The van der Waals surface area contributed by atoms with Crippen LogP contribution in [-0.4, -0.2) is 37.1 Å². The van der Waals surface area contributed by atoms with Crippen molar-refractivity contribution in [2.24, 2.45) is 5.92 Å². The van der Waals surface area contributed by atoms with Gasteiger partial charge in [-0.1, -0.05) is 24.6 Å². The van der Waals surface area contributed by atoms with E-state index in [-0.39, 0.29) is 0 Å². The zero-order chi connectivity index (χ0) is 13.4. The van der Waals surface area contributed by atoms with Gasteiger partial charge >= 0.3 is 0 Å². The predicted octanol–water partition coefficient (Wildman–Crippen LogP) is 2.74. The van der Waals surface area contributed by atoms with Crippen molar-refractivity contribution in [3.8, 4) is 0 Å². The Morgan fingerprint density at radius 3 is 2.84 bits per heavy atom. The molecule has 1 saturated heterocycles. The molecule has 1 aromatic rings. The molecular weight excluding hydrogens is 256 g/mol. The Balaban J connectivity index is 1.61. The molecule has 1 aromatic carbocycles. The zero-order valence-corrected chi connectivity index (χ0v) is 12.6. The first-order chi connectivity index (χ1) is 9.11. The van der Waals surface area contributed by atoms with E-state index in [1.165, 1.54) is 30.6 Å². The molecule has 0 amide bonds. The summed E-state index contributed by atoms with van der Waals surface area (Å²) in [5.74, 6) is 0.742. The average Bonchev–Trinajstić information content (AvgIpc) is 2.74. The minimum atomic E-state index is 0.601. The second-order valence-electron chi connectivity index (χ2n) is 6.32. The first-order valence-electron chi connectivity index (χ1n) is 7.33. The van der Waals surface area contributed by atoms with Gasteiger partial charge in [0.05, 0.1) is 0 Å². The lowest BCUT2D eigenvalue weighted by atomic mass is 9.93. The second kappa shape index (κ2) is 5.43. The van der Waals surface area contributed by atoms with E-state index in [1.54, 1.807) is 0 Å². The van der Waals surface area contributed by atoms with Gasteiger partial charge in [-0.15, -0.1) is 0 Å². The van der Waals surface area contributed by atoms with Gasteiger partial charge < -0.3 is 10.2 Å². The normalized spacial score (nSPS) is 31.4. The SMILES string of the molecule is CC1CN(C)CCC1NC1Cc2ccc(Cl)cc2C1. The first kappa shape index (κ1) is 13.4. The number of piperidine rings is 1. The van der Waals surface area contributed by atoms with Crippen molar-refractivity contribution in [2.75, 3.05) is 20.1 Å². The van der Waals surface area contributed by atoms with Crippen LogP contribution in [0.1, 0.15) is 24.5 Å². The van der Waals surface area contributed by atoms with Crippen LogP contribution >= 0.6 is 11.6 Å². The molecule has 1 aliphatic heterocycles. The van der Waals surface area contributed by atoms with Gasteiger partial charge in [-0.2, -0.15) is 0 Å². The number of halogens is 1. The number of hydrogen-bond donors (Lipinski definition) is 1. The Morgan fingerprint density at radius 2 is 2.05 bits per heavy atom. The van der Waals surface area contributed by atoms with E-state index < -0.39 is 0 Å². The summed E-state index contributed by atoms with van der Waals surface area (Å²) in [5.41, 5.74) is 2.91. The van der Waals surface area contributed by atoms with Crippen molar-refractivity contribution >= 4 is 11.6 Å². The van der Waals surface area contributed by atoms with Crippen LogP contribution in [0.15, 0.2) is 18.2 Å². The molecule has 2 aliphatic rings. The van der Waals surface area contributed by atoms with Gasteiger partial charge in [0.25, 0.3) is 0 Å². The van der Waals surface area contributed by atoms with Crippen molar-refractivity contribution in [3.63, 3.8) is 0 Å². The Hall–Kier alpha value is -0.570. The molecule has 1 fully saturated rings. The summed E-state index contributed by atoms with van der Waals surface area (Å²) in [6, 6.07) is 7.62. The van der Waals surface area contributed by atoms with E-state index in [1.807, 2.05) is 6.07 Å². The summed E-state index contributed by atoms with van der Waals surface area (Å²) in [5, 5.41) is 4.75. The molecule has 19 heavy (non-hydrogen) atoms. The Labute approximate surface area is 121 Å². The molecule has 0 saturated carbocycles. The molecule has 3 unspecified atom stereocenters. The fourth-order valence-electron chi connectivity index (χ4n) is 3.61. The Bertz CT molecular complexity index is 460. The number of hydrogen-bond acceptors (Lipinski definition) is 2. The van der Waals surface area contributed by atoms with Gasteiger partial charge in [-0.05, 0) is 62.0 Å². The van der Waals surface area contributed by atoms with Crippen LogP contribution in [0.3, 0.4) is 0 Å². The van der Waals surface area contributed by atoms with Crippen molar-refractivity contribution < 1.29 is 0 Å². The van der Waals surface area contributed by atoms with Crippen LogP contribution in [0.5, 0.6) is 0 Å². The molecule has 0 radical (unpaired) electrons. The lowest BCUT2D eigenvalue weighted by Gasteiger charge is -2.37.